The van der Waals surface area contributed by atoms with Crippen molar-refractivity contribution < 1.29 is 9.53 Å². The minimum Gasteiger partial charge on any atom is -0.368 e. The van der Waals surface area contributed by atoms with Crippen LogP contribution in [0.25, 0.3) is 0 Å². The van der Waals surface area contributed by atoms with Crippen LogP contribution in [-0.4, -0.2) is 36.1 Å². The van der Waals surface area contributed by atoms with Crippen LogP contribution < -0.4 is 0 Å². The molecule has 0 bridgehead atoms. The molecule has 3 fully saturated rings. The Morgan fingerprint density at radius 1 is 1.16 bits per heavy atom. The van der Waals surface area contributed by atoms with Crippen LogP contribution in [0.1, 0.15) is 58.3 Å². The van der Waals surface area contributed by atoms with Gasteiger partial charge in [0.1, 0.15) is 6.10 Å². The van der Waals surface area contributed by atoms with Crippen LogP contribution >= 0.6 is 0 Å². The molecule has 0 radical (unpaired) electrons. The van der Waals surface area contributed by atoms with Gasteiger partial charge in [0.25, 0.3) is 5.91 Å². The molecular formula is C16H27NO2. The van der Waals surface area contributed by atoms with Gasteiger partial charge < -0.3 is 9.64 Å². The van der Waals surface area contributed by atoms with E-state index in [-0.39, 0.29) is 12.0 Å². The van der Waals surface area contributed by atoms with Crippen molar-refractivity contribution >= 4 is 5.91 Å². The topological polar surface area (TPSA) is 29.5 Å². The lowest BCUT2D eigenvalue weighted by Crippen LogP contribution is -2.44. The number of nitrogens with zero attached hydrogens (tertiary/aromatic N) is 1. The molecule has 1 amide bonds. The summed E-state index contributed by atoms with van der Waals surface area (Å²) < 4.78 is 5.76. The average Bonchev–Trinajstić information content (AvgIpc) is 2.92. The second kappa shape index (κ2) is 5.82. The molecule has 108 valence electrons. The fourth-order valence-corrected chi connectivity index (χ4v) is 3.77. The van der Waals surface area contributed by atoms with E-state index in [1.807, 2.05) is 6.92 Å². The second-order valence-electron chi connectivity index (χ2n) is 6.70. The molecule has 1 saturated heterocycles. The van der Waals surface area contributed by atoms with Crippen molar-refractivity contribution in [2.24, 2.45) is 11.8 Å². The first-order chi connectivity index (χ1) is 9.25. The summed E-state index contributed by atoms with van der Waals surface area (Å²) in [5.41, 5.74) is 0. The van der Waals surface area contributed by atoms with Crippen molar-refractivity contribution in [2.45, 2.75) is 70.4 Å². The van der Waals surface area contributed by atoms with Gasteiger partial charge in [-0.2, -0.15) is 0 Å². The van der Waals surface area contributed by atoms with Crippen LogP contribution in [0.5, 0.6) is 0 Å². The van der Waals surface area contributed by atoms with Gasteiger partial charge in [0.15, 0.2) is 0 Å². The summed E-state index contributed by atoms with van der Waals surface area (Å²) in [5.74, 6) is 1.75. The summed E-state index contributed by atoms with van der Waals surface area (Å²) in [6, 6.07) is 0.516. The Hall–Kier alpha value is -0.570. The van der Waals surface area contributed by atoms with Crippen LogP contribution in [0.2, 0.25) is 0 Å². The van der Waals surface area contributed by atoms with Gasteiger partial charge in [-0.05, 0) is 57.3 Å². The Labute approximate surface area is 116 Å². The van der Waals surface area contributed by atoms with Gasteiger partial charge in [-0.1, -0.05) is 12.8 Å². The minimum atomic E-state index is -0.234. The summed E-state index contributed by atoms with van der Waals surface area (Å²) in [4.78, 5) is 14.7. The molecule has 2 atom stereocenters. The van der Waals surface area contributed by atoms with E-state index in [9.17, 15) is 4.79 Å². The highest BCUT2D eigenvalue weighted by Crippen LogP contribution is 2.36. The highest BCUT2D eigenvalue weighted by Gasteiger charge is 2.37. The zero-order valence-corrected chi connectivity index (χ0v) is 12.1. The number of hydrogen-bond donors (Lipinski definition) is 0. The Balaban J connectivity index is 1.54. The van der Waals surface area contributed by atoms with E-state index in [2.05, 4.69) is 4.90 Å². The number of hydrogen-bond acceptors (Lipinski definition) is 2. The lowest BCUT2D eigenvalue weighted by Gasteiger charge is -2.31. The molecule has 0 aromatic carbocycles. The number of likely N-dealkylation sites (tertiary alicyclic amines) is 1. The average molecular weight is 265 g/mol. The van der Waals surface area contributed by atoms with Gasteiger partial charge >= 0.3 is 0 Å². The van der Waals surface area contributed by atoms with Crippen LogP contribution in [0.3, 0.4) is 0 Å². The predicted octanol–water partition coefficient (Wildman–Crippen LogP) is 2.98. The summed E-state index contributed by atoms with van der Waals surface area (Å²) in [7, 11) is 0. The second-order valence-corrected chi connectivity index (χ2v) is 6.70. The van der Waals surface area contributed by atoms with Crippen LogP contribution in [-0.2, 0) is 9.53 Å². The molecule has 0 aromatic heterocycles. The Morgan fingerprint density at radius 3 is 2.58 bits per heavy atom. The summed E-state index contributed by atoms with van der Waals surface area (Å²) >= 11 is 0. The molecule has 0 N–H and O–H groups in total. The highest BCUT2D eigenvalue weighted by molar-refractivity contribution is 5.81. The van der Waals surface area contributed by atoms with E-state index in [0.29, 0.717) is 6.04 Å². The lowest BCUT2D eigenvalue weighted by atomic mass is 9.96. The standard InChI is InChI=1S/C16H27NO2/c1-12(19-11-13-8-9-13)16(18)17-10-4-7-15(17)14-5-2-3-6-14/h12-15H,2-11H2,1H3. The molecule has 2 saturated carbocycles. The first kappa shape index (κ1) is 13.4. The molecule has 3 rings (SSSR count). The van der Waals surface area contributed by atoms with Gasteiger partial charge in [0, 0.05) is 12.6 Å². The van der Waals surface area contributed by atoms with Crippen molar-refractivity contribution in [3.8, 4) is 0 Å². The van der Waals surface area contributed by atoms with Crippen molar-refractivity contribution in [1.29, 1.82) is 0 Å². The maximum absolute atomic E-state index is 12.5. The van der Waals surface area contributed by atoms with E-state index >= 15 is 0 Å². The molecule has 19 heavy (non-hydrogen) atoms. The van der Waals surface area contributed by atoms with Crippen molar-refractivity contribution in [2.75, 3.05) is 13.2 Å². The molecule has 1 heterocycles. The van der Waals surface area contributed by atoms with Gasteiger partial charge in [0.05, 0.1) is 6.61 Å². The van der Waals surface area contributed by atoms with E-state index in [1.54, 1.807) is 0 Å². The van der Waals surface area contributed by atoms with Crippen molar-refractivity contribution in [3.63, 3.8) is 0 Å². The van der Waals surface area contributed by atoms with Gasteiger partial charge in [0.2, 0.25) is 0 Å². The van der Waals surface area contributed by atoms with Crippen LogP contribution in [0.15, 0.2) is 0 Å². The smallest absolute Gasteiger partial charge is 0.251 e. The Bertz CT molecular complexity index is 321. The number of carbonyl (C=O) groups is 1. The first-order valence-corrected chi connectivity index (χ1v) is 8.18. The number of amides is 1. The van der Waals surface area contributed by atoms with Gasteiger partial charge in [-0.25, -0.2) is 0 Å². The maximum Gasteiger partial charge on any atom is 0.251 e. The summed E-state index contributed by atoms with van der Waals surface area (Å²) in [6.45, 7) is 3.68. The van der Waals surface area contributed by atoms with Crippen molar-refractivity contribution in [1.82, 2.24) is 4.90 Å². The largest absolute Gasteiger partial charge is 0.368 e. The molecule has 3 aliphatic rings. The molecule has 2 unspecified atom stereocenters. The van der Waals surface area contributed by atoms with E-state index in [4.69, 9.17) is 4.74 Å². The molecule has 1 aliphatic heterocycles. The molecule has 2 aliphatic carbocycles. The van der Waals surface area contributed by atoms with E-state index in [1.165, 1.54) is 51.4 Å². The third kappa shape index (κ3) is 3.13. The molecule has 3 nitrogen and oxygen atoms in total. The van der Waals surface area contributed by atoms with Crippen molar-refractivity contribution in [3.05, 3.63) is 0 Å². The monoisotopic (exact) mass is 265 g/mol. The SMILES string of the molecule is CC(OCC1CC1)C(=O)N1CCCC1C1CCCC1. The quantitative estimate of drug-likeness (QED) is 0.765. The zero-order chi connectivity index (χ0) is 13.2. The normalized spacial score (nSPS) is 29.9. The number of ether oxygens (including phenoxy) is 1. The summed E-state index contributed by atoms with van der Waals surface area (Å²) in [6.07, 6.45) is 10.1. The fourth-order valence-electron chi connectivity index (χ4n) is 3.77. The third-order valence-corrected chi connectivity index (χ3v) is 5.15. The van der Waals surface area contributed by atoms with Gasteiger partial charge in [-0.3, -0.25) is 4.79 Å². The first-order valence-electron chi connectivity index (χ1n) is 8.18. The van der Waals surface area contributed by atoms with Crippen LogP contribution in [0.4, 0.5) is 0 Å². The highest BCUT2D eigenvalue weighted by atomic mass is 16.5. The predicted molar refractivity (Wildman–Crippen MR) is 74.8 cm³/mol. The Morgan fingerprint density at radius 2 is 1.89 bits per heavy atom. The van der Waals surface area contributed by atoms with Gasteiger partial charge in [-0.15, -0.1) is 0 Å². The minimum absolute atomic E-state index is 0.234. The molecular weight excluding hydrogens is 238 g/mol. The van der Waals surface area contributed by atoms with Crippen LogP contribution in [0, 0.1) is 11.8 Å². The van der Waals surface area contributed by atoms with E-state index < -0.39 is 0 Å². The third-order valence-electron chi connectivity index (χ3n) is 5.15. The maximum atomic E-state index is 12.5. The lowest BCUT2D eigenvalue weighted by molar-refractivity contribution is -0.144. The number of carbonyl (C=O) groups excluding carboxylic acids is 1. The molecule has 3 heteroatoms. The van der Waals surface area contributed by atoms with E-state index in [0.717, 1.165) is 25.0 Å². The fraction of sp³-hybridized carbons (Fsp3) is 0.938. The summed E-state index contributed by atoms with van der Waals surface area (Å²) in [5, 5.41) is 0. The Kier molecular flexibility index (Phi) is 4.11. The number of rotatable bonds is 5. The molecule has 0 aromatic rings. The zero-order valence-electron chi connectivity index (χ0n) is 12.1. The molecule has 0 spiro atoms.